The average molecular weight is 394 g/mol. The maximum atomic E-state index is 13.5. The molecule has 0 aliphatic heterocycles. The van der Waals surface area contributed by atoms with Gasteiger partial charge in [-0.05, 0) is 43.3 Å². The number of ether oxygens (including phenoxy) is 1. The van der Waals surface area contributed by atoms with Crippen LogP contribution in [0.25, 0.3) is 12.2 Å². The van der Waals surface area contributed by atoms with Crippen LogP contribution in [0.4, 0.5) is 18.9 Å². The predicted octanol–water partition coefficient (Wildman–Crippen LogP) is 5.18. The number of aryl methyl sites for hydroxylation is 1. The Labute approximate surface area is 163 Å². The summed E-state index contributed by atoms with van der Waals surface area (Å²) in [6, 6.07) is 3.20. The maximum Gasteiger partial charge on any atom is 0.416 e. The number of aliphatic imine (C=N–C) groups is 1. The zero-order valence-electron chi connectivity index (χ0n) is 16.6. The molecule has 0 saturated carbocycles. The fourth-order valence-electron chi connectivity index (χ4n) is 2.46. The standard InChI is InChI=1S/C21H25F3N2O2/c1-7-18-16(13-17(21(22,23)24)12-14(2)26(4)5)9-8-15(20(18)25-3)10-11-19(27)28-6/h7-9,12-13H,1,3,10-11H2,2,4-6H3/b14-12-,17-13-. The quantitative estimate of drug-likeness (QED) is 0.347. The molecule has 0 saturated heterocycles. The summed E-state index contributed by atoms with van der Waals surface area (Å²) in [4.78, 5) is 16.9. The molecule has 0 N–H and O–H groups in total. The second-order valence-corrected chi connectivity index (χ2v) is 6.29. The summed E-state index contributed by atoms with van der Waals surface area (Å²) in [5, 5.41) is 0. The zero-order valence-corrected chi connectivity index (χ0v) is 16.6. The number of hydrogen-bond acceptors (Lipinski definition) is 4. The predicted molar refractivity (Wildman–Crippen MR) is 108 cm³/mol. The van der Waals surface area contributed by atoms with E-state index in [0.29, 0.717) is 34.5 Å². The third-order valence-corrected chi connectivity index (χ3v) is 4.23. The number of benzene rings is 1. The van der Waals surface area contributed by atoms with Gasteiger partial charge in [0.05, 0.1) is 18.4 Å². The molecule has 4 nitrogen and oxygen atoms in total. The molecule has 0 heterocycles. The number of rotatable bonds is 8. The van der Waals surface area contributed by atoms with Crippen LogP contribution in [0.3, 0.4) is 0 Å². The van der Waals surface area contributed by atoms with Crippen molar-refractivity contribution in [2.24, 2.45) is 4.99 Å². The molecule has 0 fully saturated rings. The topological polar surface area (TPSA) is 41.9 Å². The first-order valence-corrected chi connectivity index (χ1v) is 8.51. The van der Waals surface area contributed by atoms with E-state index in [4.69, 9.17) is 0 Å². The molecule has 7 heteroatoms. The molecule has 0 aliphatic rings. The summed E-state index contributed by atoms with van der Waals surface area (Å²) < 4.78 is 45.2. The van der Waals surface area contributed by atoms with Gasteiger partial charge in [0.1, 0.15) is 0 Å². The Hall–Kier alpha value is -2.83. The number of allylic oxidation sites excluding steroid dienone is 3. The molecule has 0 aliphatic carbocycles. The van der Waals surface area contributed by atoms with E-state index >= 15 is 0 Å². The van der Waals surface area contributed by atoms with Gasteiger partial charge in [-0.15, -0.1) is 0 Å². The van der Waals surface area contributed by atoms with Gasteiger partial charge in [-0.3, -0.25) is 9.79 Å². The van der Waals surface area contributed by atoms with Crippen molar-refractivity contribution in [3.63, 3.8) is 0 Å². The summed E-state index contributed by atoms with van der Waals surface area (Å²) in [5.74, 6) is -0.386. The van der Waals surface area contributed by atoms with E-state index in [0.717, 1.165) is 12.2 Å². The first-order chi connectivity index (χ1) is 13.0. The fourth-order valence-corrected chi connectivity index (χ4v) is 2.46. The van der Waals surface area contributed by atoms with E-state index < -0.39 is 11.7 Å². The lowest BCUT2D eigenvalue weighted by Crippen LogP contribution is -2.14. The van der Waals surface area contributed by atoms with Crippen molar-refractivity contribution in [2.75, 3.05) is 21.2 Å². The summed E-state index contributed by atoms with van der Waals surface area (Å²) in [6.07, 6.45) is -0.488. The molecule has 28 heavy (non-hydrogen) atoms. The molecule has 0 spiro atoms. The van der Waals surface area contributed by atoms with Crippen LogP contribution in [-0.2, 0) is 16.0 Å². The minimum atomic E-state index is -4.53. The summed E-state index contributed by atoms with van der Waals surface area (Å²) in [7, 11) is 4.63. The van der Waals surface area contributed by atoms with Gasteiger partial charge in [0.15, 0.2) is 0 Å². The minimum absolute atomic E-state index is 0.128. The summed E-state index contributed by atoms with van der Waals surface area (Å²) >= 11 is 0. The van der Waals surface area contributed by atoms with Crippen molar-refractivity contribution in [3.05, 3.63) is 52.7 Å². The Morgan fingerprint density at radius 1 is 1.32 bits per heavy atom. The fraction of sp³-hybridized carbons (Fsp3) is 0.333. The molecule has 0 aromatic heterocycles. The van der Waals surface area contributed by atoms with Crippen molar-refractivity contribution in [1.82, 2.24) is 4.90 Å². The summed E-state index contributed by atoms with van der Waals surface area (Å²) in [5.41, 5.74) is 1.49. The number of halogens is 3. The van der Waals surface area contributed by atoms with Gasteiger partial charge in [0, 0.05) is 31.8 Å². The second-order valence-electron chi connectivity index (χ2n) is 6.29. The first kappa shape index (κ1) is 23.2. The smallest absolute Gasteiger partial charge is 0.416 e. The Morgan fingerprint density at radius 3 is 2.43 bits per heavy atom. The molecule has 1 aromatic rings. The largest absolute Gasteiger partial charge is 0.469 e. The molecule has 0 unspecified atom stereocenters. The molecule has 0 amide bonds. The van der Waals surface area contributed by atoms with Crippen LogP contribution in [0.2, 0.25) is 0 Å². The number of nitrogens with zero attached hydrogens (tertiary/aromatic N) is 2. The monoisotopic (exact) mass is 394 g/mol. The summed E-state index contributed by atoms with van der Waals surface area (Å²) in [6.45, 7) is 8.81. The highest BCUT2D eigenvalue weighted by Crippen LogP contribution is 2.34. The maximum absolute atomic E-state index is 13.5. The number of carbonyl (C=O) groups is 1. The highest BCUT2D eigenvalue weighted by Gasteiger charge is 2.32. The Bertz CT molecular complexity index is 807. The van der Waals surface area contributed by atoms with Gasteiger partial charge < -0.3 is 9.64 Å². The van der Waals surface area contributed by atoms with Gasteiger partial charge in [-0.25, -0.2) is 0 Å². The lowest BCUT2D eigenvalue weighted by Gasteiger charge is -2.16. The van der Waals surface area contributed by atoms with Crippen molar-refractivity contribution < 1.29 is 22.7 Å². The average Bonchev–Trinajstić information content (AvgIpc) is 2.64. The first-order valence-electron chi connectivity index (χ1n) is 8.51. The van der Waals surface area contributed by atoms with Crippen molar-refractivity contribution in [1.29, 1.82) is 0 Å². The van der Waals surface area contributed by atoms with E-state index in [1.165, 1.54) is 13.2 Å². The SMILES string of the molecule is C=Cc1c(/C=C(/C=C(/C)N(C)C)C(F)(F)F)ccc(CCC(=O)OC)c1N=C. The zero-order chi connectivity index (χ0) is 21.5. The molecular weight excluding hydrogens is 369 g/mol. The highest BCUT2D eigenvalue weighted by molar-refractivity contribution is 5.79. The second kappa shape index (κ2) is 9.92. The highest BCUT2D eigenvalue weighted by atomic mass is 19.4. The number of alkyl halides is 3. The van der Waals surface area contributed by atoms with Crippen LogP contribution in [0.15, 0.2) is 41.1 Å². The van der Waals surface area contributed by atoms with E-state index in [1.54, 1.807) is 38.1 Å². The van der Waals surface area contributed by atoms with Crippen LogP contribution in [0, 0.1) is 0 Å². The van der Waals surface area contributed by atoms with E-state index in [1.807, 2.05) is 0 Å². The van der Waals surface area contributed by atoms with Gasteiger partial charge in [0.25, 0.3) is 0 Å². The molecule has 1 aromatic carbocycles. The number of hydrogen-bond donors (Lipinski definition) is 0. The Morgan fingerprint density at radius 2 is 1.96 bits per heavy atom. The number of esters is 1. The number of carbonyl (C=O) groups excluding carboxylic acids is 1. The Balaban J connectivity index is 3.52. The normalized spacial score (nSPS) is 12.5. The molecule has 152 valence electrons. The van der Waals surface area contributed by atoms with Crippen LogP contribution >= 0.6 is 0 Å². The molecular formula is C21H25F3N2O2. The van der Waals surface area contributed by atoms with Crippen molar-refractivity contribution in [2.45, 2.75) is 25.9 Å². The third kappa shape index (κ3) is 6.11. The number of methoxy groups -OCH3 is 1. The van der Waals surface area contributed by atoms with Crippen LogP contribution in [0.1, 0.15) is 30.0 Å². The van der Waals surface area contributed by atoms with E-state index in [9.17, 15) is 18.0 Å². The van der Waals surface area contributed by atoms with Gasteiger partial charge >= 0.3 is 12.1 Å². The molecule has 0 bridgehead atoms. The van der Waals surface area contributed by atoms with Crippen molar-refractivity contribution >= 4 is 30.5 Å². The van der Waals surface area contributed by atoms with Crippen molar-refractivity contribution in [3.8, 4) is 0 Å². The molecule has 0 atom stereocenters. The van der Waals surface area contributed by atoms with Gasteiger partial charge in [-0.2, -0.15) is 13.2 Å². The minimum Gasteiger partial charge on any atom is -0.469 e. The van der Waals surface area contributed by atoms with Gasteiger partial charge in [-0.1, -0.05) is 24.8 Å². The lowest BCUT2D eigenvalue weighted by atomic mass is 9.96. The lowest BCUT2D eigenvalue weighted by molar-refractivity contribution is -0.140. The van der Waals surface area contributed by atoms with Crippen LogP contribution < -0.4 is 0 Å². The Kier molecular flexibility index (Phi) is 8.22. The van der Waals surface area contributed by atoms with Crippen LogP contribution in [0.5, 0.6) is 0 Å². The van der Waals surface area contributed by atoms with Gasteiger partial charge in [0.2, 0.25) is 0 Å². The molecule has 0 radical (unpaired) electrons. The van der Waals surface area contributed by atoms with E-state index in [-0.39, 0.29) is 12.4 Å². The third-order valence-electron chi connectivity index (χ3n) is 4.23. The van der Waals surface area contributed by atoms with E-state index in [2.05, 4.69) is 23.0 Å². The van der Waals surface area contributed by atoms with Crippen LogP contribution in [-0.4, -0.2) is 45.0 Å². The molecule has 1 rings (SSSR count).